The molecule has 0 saturated carbocycles. The van der Waals surface area contributed by atoms with Gasteiger partial charge in [-0.2, -0.15) is 0 Å². The van der Waals surface area contributed by atoms with E-state index < -0.39 is 0 Å². The van der Waals surface area contributed by atoms with Crippen LogP contribution < -0.4 is 5.73 Å². The summed E-state index contributed by atoms with van der Waals surface area (Å²) in [4.78, 5) is 0. The standard InChI is InChI=1S/C12H27NO/c1-3-5-6-7-9-12(13)10-8-11-14-4-2/h12H,3-11,13H2,1-2H3. The van der Waals surface area contributed by atoms with Gasteiger partial charge in [0.1, 0.15) is 0 Å². The van der Waals surface area contributed by atoms with Crippen molar-refractivity contribution in [3.8, 4) is 0 Å². The fourth-order valence-corrected chi connectivity index (χ4v) is 1.57. The van der Waals surface area contributed by atoms with Gasteiger partial charge in [0.15, 0.2) is 0 Å². The number of hydrogen-bond acceptors (Lipinski definition) is 2. The summed E-state index contributed by atoms with van der Waals surface area (Å²) in [5, 5.41) is 0. The van der Waals surface area contributed by atoms with Gasteiger partial charge in [0, 0.05) is 19.3 Å². The highest BCUT2D eigenvalue weighted by Gasteiger charge is 2.01. The number of unbranched alkanes of at least 4 members (excludes halogenated alkanes) is 3. The molecule has 14 heavy (non-hydrogen) atoms. The van der Waals surface area contributed by atoms with Gasteiger partial charge < -0.3 is 10.5 Å². The highest BCUT2D eigenvalue weighted by molar-refractivity contribution is 4.61. The van der Waals surface area contributed by atoms with Gasteiger partial charge in [-0.15, -0.1) is 0 Å². The van der Waals surface area contributed by atoms with E-state index in [1.165, 1.54) is 32.1 Å². The Kier molecular flexibility index (Phi) is 10.9. The molecule has 2 N–H and O–H groups in total. The Labute approximate surface area is 89.2 Å². The van der Waals surface area contributed by atoms with Crippen molar-refractivity contribution in [1.29, 1.82) is 0 Å². The minimum Gasteiger partial charge on any atom is -0.382 e. The summed E-state index contributed by atoms with van der Waals surface area (Å²) in [6.07, 6.45) is 8.71. The molecular weight excluding hydrogens is 174 g/mol. The van der Waals surface area contributed by atoms with E-state index in [0.717, 1.165) is 26.1 Å². The van der Waals surface area contributed by atoms with E-state index in [-0.39, 0.29) is 0 Å². The molecule has 2 heteroatoms. The molecule has 0 aliphatic carbocycles. The predicted molar refractivity (Wildman–Crippen MR) is 62.5 cm³/mol. The number of hydrogen-bond donors (Lipinski definition) is 1. The van der Waals surface area contributed by atoms with Crippen molar-refractivity contribution in [3.05, 3.63) is 0 Å². The van der Waals surface area contributed by atoms with Gasteiger partial charge in [-0.3, -0.25) is 0 Å². The zero-order valence-electron chi connectivity index (χ0n) is 9.93. The van der Waals surface area contributed by atoms with Crippen LogP contribution in [0, 0.1) is 0 Å². The van der Waals surface area contributed by atoms with Crippen molar-refractivity contribution in [3.63, 3.8) is 0 Å². The van der Waals surface area contributed by atoms with Crippen LogP contribution in [0.4, 0.5) is 0 Å². The van der Waals surface area contributed by atoms with E-state index in [2.05, 4.69) is 6.92 Å². The van der Waals surface area contributed by atoms with Crippen molar-refractivity contribution in [2.45, 2.75) is 64.8 Å². The molecule has 1 unspecified atom stereocenters. The minimum atomic E-state index is 0.396. The van der Waals surface area contributed by atoms with Crippen LogP contribution >= 0.6 is 0 Å². The SMILES string of the molecule is CCCCCCC(N)CCCOCC. The van der Waals surface area contributed by atoms with E-state index in [9.17, 15) is 0 Å². The first-order chi connectivity index (χ1) is 6.81. The van der Waals surface area contributed by atoms with Gasteiger partial charge in [0.2, 0.25) is 0 Å². The molecule has 0 spiro atoms. The Balaban J connectivity index is 3.07. The third-order valence-corrected chi connectivity index (χ3v) is 2.50. The topological polar surface area (TPSA) is 35.2 Å². The number of rotatable bonds is 10. The summed E-state index contributed by atoms with van der Waals surface area (Å²) in [5.74, 6) is 0. The van der Waals surface area contributed by atoms with Crippen LogP contribution in [0.25, 0.3) is 0 Å². The quantitative estimate of drug-likeness (QED) is 0.551. The van der Waals surface area contributed by atoms with Crippen LogP contribution in [0.15, 0.2) is 0 Å². The molecule has 2 nitrogen and oxygen atoms in total. The zero-order chi connectivity index (χ0) is 10.6. The molecule has 0 saturated heterocycles. The van der Waals surface area contributed by atoms with Gasteiger partial charge >= 0.3 is 0 Å². The molecule has 0 aromatic heterocycles. The van der Waals surface area contributed by atoms with Gasteiger partial charge in [-0.1, -0.05) is 32.6 Å². The predicted octanol–water partition coefficient (Wildman–Crippen LogP) is 3.10. The molecule has 1 atom stereocenters. The second kappa shape index (κ2) is 11.0. The van der Waals surface area contributed by atoms with Gasteiger partial charge in [-0.25, -0.2) is 0 Å². The molecule has 0 aromatic rings. The maximum absolute atomic E-state index is 5.98. The molecule has 0 fully saturated rings. The summed E-state index contributed by atoms with van der Waals surface area (Å²) in [6, 6.07) is 0.396. The van der Waals surface area contributed by atoms with Crippen molar-refractivity contribution in [2.75, 3.05) is 13.2 Å². The molecule has 0 amide bonds. The maximum Gasteiger partial charge on any atom is 0.0466 e. The Morgan fingerprint density at radius 3 is 2.36 bits per heavy atom. The number of ether oxygens (including phenoxy) is 1. The monoisotopic (exact) mass is 201 g/mol. The highest BCUT2D eigenvalue weighted by Crippen LogP contribution is 2.07. The molecule has 0 bridgehead atoms. The van der Waals surface area contributed by atoms with Crippen molar-refractivity contribution < 1.29 is 4.74 Å². The molecule has 0 aliphatic rings. The van der Waals surface area contributed by atoms with Crippen LogP contribution in [-0.4, -0.2) is 19.3 Å². The Morgan fingerprint density at radius 2 is 1.71 bits per heavy atom. The van der Waals surface area contributed by atoms with Crippen molar-refractivity contribution >= 4 is 0 Å². The normalized spacial score (nSPS) is 13.1. The van der Waals surface area contributed by atoms with E-state index in [0.29, 0.717) is 6.04 Å². The van der Waals surface area contributed by atoms with Gasteiger partial charge in [-0.05, 0) is 26.2 Å². The van der Waals surface area contributed by atoms with Crippen LogP contribution in [0.3, 0.4) is 0 Å². The maximum atomic E-state index is 5.98. The summed E-state index contributed by atoms with van der Waals surface area (Å²) in [5.41, 5.74) is 5.98. The molecular formula is C12H27NO. The van der Waals surface area contributed by atoms with E-state index in [4.69, 9.17) is 10.5 Å². The minimum absolute atomic E-state index is 0.396. The average molecular weight is 201 g/mol. The van der Waals surface area contributed by atoms with Crippen molar-refractivity contribution in [1.82, 2.24) is 0 Å². The van der Waals surface area contributed by atoms with Crippen LogP contribution in [0.1, 0.15) is 58.8 Å². The molecule has 0 radical (unpaired) electrons. The summed E-state index contributed by atoms with van der Waals surface area (Å²) in [7, 11) is 0. The van der Waals surface area contributed by atoms with Crippen LogP contribution in [0.5, 0.6) is 0 Å². The van der Waals surface area contributed by atoms with Crippen LogP contribution in [0.2, 0.25) is 0 Å². The fraction of sp³-hybridized carbons (Fsp3) is 1.00. The van der Waals surface area contributed by atoms with Gasteiger partial charge in [0.25, 0.3) is 0 Å². The largest absolute Gasteiger partial charge is 0.382 e. The highest BCUT2D eigenvalue weighted by atomic mass is 16.5. The lowest BCUT2D eigenvalue weighted by atomic mass is 10.0. The fourth-order valence-electron chi connectivity index (χ4n) is 1.57. The Morgan fingerprint density at radius 1 is 1.00 bits per heavy atom. The zero-order valence-corrected chi connectivity index (χ0v) is 9.93. The van der Waals surface area contributed by atoms with Crippen molar-refractivity contribution in [2.24, 2.45) is 5.73 Å². The second-order valence-electron chi connectivity index (χ2n) is 3.95. The second-order valence-corrected chi connectivity index (χ2v) is 3.95. The molecule has 0 aromatic carbocycles. The first kappa shape index (κ1) is 13.9. The van der Waals surface area contributed by atoms with Gasteiger partial charge in [0.05, 0.1) is 0 Å². The smallest absolute Gasteiger partial charge is 0.0466 e. The molecule has 0 rings (SSSR count). The Bertz CT molecular complexity index is 94.5. The average Bonchev–Trinajstić information content (AvgIpc) is 2.19. The third-order valence-electron chi connectivity index (χ3n) is 2.50. The molecule has 0 heterocycles. The molecule has 0 aliphatic heterocycles. The lowest BCUT2D eigenvalue weighted by Crippen LogP contribution is -2.20. The van der Waals surface area contributed by atoms with E-state index >= 15 is 0 Å². The summed E-state index contributed by atoms with van der Waals surface area (Å²) in [6.45, 7) is 5.97. The Hall–Kier alpha value is -0.0800. The summed E-state index contributed by atoms with van der Waals surface area (Å²) < 4.78 is 5.27. The lowest BCUT2D eigenvalue weighted by Gasteiger charge is -2.10. The molecule has 86 valence electrons. The van der Waals surface area contributed by atoms with E-state index in [1.54, 1.807) is 0 Å². The van der Waals surface area contributed by atoms with Crippen LogP contribution in [-0.2, 0) is 4.74 Å². The third kappa shape index (κ3) is 10.0. The lowest BCUT2D eigenvalue weighted by molar-refractivity contribution is 0.141. The first-order valence-corrected chi connectivity index (χ1v) is 6.14. The number of nitrogens with two attached hydrogens (primary N) is 1. The van der Waals surface area contributed by atoms with E-state index in [1.807, 2.05) is 6.92 Å². The first-order valence-electron chi connectivity index (χ1n) is 6.14. The summed E-state index contributed by atoms with van der Waals surface area (Å²) >= 11 is 0.